The maximum absolute atomic E-state index is 12.9. The van der Waals surface area contributed by atoms with E-state index in [2.05, 4.69) is 19.5 Å². The number of hydrogen-bond donors (Lipinski definition) is 7. The molecular formula is C19H24N7O14P2+. The van der Waals surface area contributed by atoms with Crippen molar-refractivity contribution in [3.05, 3.63) is 45.8 Å². The molecule has 228 valence electrons. The summed E-state index contributed by atoms with van der Waals surface area (Å²) >= 11 is 0. The lowest BCUT2D eigenvalue weighted by atomic mass is 10.1. The topological polar surface area (TPSA) is 306 Å². The summed E-state index contributed by atoms with van der Waals surface area (Å²) in [6.07, 6.45) is -9.11. The summed E-state index contributed by atoms with van der Waals surface area (Å²) in [6, 6.07) is 0.949. The maximum Gasteiger partial charge on any atom is 0.694 e. The molecule has 3 aromatic rings. The first-order valence-electron chi connectivity index (χ1n) is 11.9. The van der Waals surface area contributed by atoms with Crippen LogP contribution in [-0.2, 0) is 32.2 Å². The molecule has 8 N–H and O–H groups in total. The first-order chi connectivity index (χ1) is 19.9. The number of H-pyrrole nitrogens is 1. The number of nitrogens with one attached hydrogen (secondary N) is 1. The Morgan fingerprint density at radius 2 is 1.76 bits per heavy atom. The molecule has 21 nitrogen and oxygen atoms in total. The zero-order chi connectivity index (χ0) is 30.3. The Morgan fingerprint density at radius 3 is 2.48 bits per heavy atom. The quantitative estimate of drug-likeness (QED) is 0.109. The Labute approximate surface area is 233 Å². The Balaban J connectivity index is 1.28. The molecule has 42 heavy (non-hydrogen) atoms. The molecule has 0 saturated carbocycles. The molecule has 2 aliphatic heterocycles. The maximum atomic E-state index is 12.9. The number of fused-ring (bicyclic) bond motifs is 1. The van der Waals surface area contributed by atoms with Crippen LogP contribution in [0.5, 0.6) is 0 Å². The van der Waals surface area contributed by atoms with Crippen LogP contribution in [-0.4, -0.2) is 104 Å². The smallest absolute Gasteiger partial charge is 0.387 e. The lowest BCUT2D eigenvalue weighted by Gasteiger charge is -2.23. The minimum Gasteiger partial charge on any atom is -0.387 e. The highest BCUT2D eigenvalue weighted by atomic mass is 31.2. The Hall–Kier alpha value is -3.04. The van der Waals surface area contributed by atoms with Crippen LogP contribution >= 0.6 is 16.1 Å². The van der Waals surface area contributed by atoms with Crippen molar-refractivity contribution < 1.29 is 57.3 Å². The van der Waals surface area contributed by atoms with E-state index in [0.717, 1.165) is 23.2 Å². The van der Waals surface area contributed by atoms with Crippen molar-refractivity contribution in [2.24, 2.45) is 0 Å². The van der Waals surface area contributed by atoms with Gasteiger partial charge in [0.15, 0.2) is 23.9 Å². The number of nitrogens with two attached hydrogens (primary N) is 1. The third-order valence-electron chi connectivity index (χ3n) is 6.44. The zero-order valence-electron chi connectivity index (χ0n) is 21.0. The van der Waals surface area contributed by atoms with Gasteiger partial charge in [0, 0.05) is 16.8 Å². The van der Waals surface area contributed by atoms with Crippen molar-refractivity contribution in [3.8, 4) is 0 Å². The summed E-state index contributed by atoms with van der Waals surface area (Å²) in [5.41, 5.74) is 4.41. The van der Waals surface area contributed by atoms with Crippen LogP contribution in [0.3, 0.4) is 0 Å². The van der Waals surface area contributed by atoms with Crippen molar-refractivity contribution in [1.82, 2.24) is 29.1 Å². The molecule has 2 aliphatic rings. The summed E-state index contributed by atoms with van der Waals surface area (Å²) in [6.45, 7) is -1.53. The third kappa shape index (κ3) is 6.04. The second-order valence-corrected chi connectivity index (χ2v) is 11.2. The summed E-state index contributed by atoms with van der Waals surface area (Å²) in [7, 11) is -8.28. The highest BCUT2D eigenvalue weighted by Gasteiger charge is 2.51. The van der Waals surface area contributed by atoms with E-state index in [1.165, 1.54) is 10.9 Å². The number of aliphatic hydroxyl groups excluding tert-OH is 3. The number of ether oxygens (including phenoxy) is 2. The van der Waals surface area contributed by atoms with Gasteiger partial charge in [-0.3, -0.25) is 28.0 Å². The normalized spacial score (nSPS) is 31.4. The lowest BCUT2D eigenvalue weighted by Crippen LogP contribution is -2.39. The molecule has 0 aliphatic carbocycles. The highest BCUT2D eigenvalue weighted by molar-refractivity contribution is 7.47. The van der Waals surface area contributed by atoms with Crippen molar-refractivity contribution in [3.63, 3.8) is 0 Å². The van der Waals surface area contributed by atoms with Crippen LogP contribution in [0.25, 0.3) is 11.2 Å². The van der Waals surface area contributed by atoms with Gasteiger partial charge in [0.1, 0.15) is 55.1 Å². The van der Waals surface area contributed by atoms with Crippen LogP contribution in [0.2, 0.25) is 0 Å². The molecule has 0 aromatic carbocycles. The van der Waals surface area contributed by atoms with Gasteiger partial charge in [0.25, 0.3) is 5.56 Å². The molecule has 0 amide bonds. The van der Waals surface area contributed by atoms with Gasteiger partial charge in [-0.1, -0.05) is 0 Å². The number of aromatic amines is 1. The van der Waals surface area contributed by atoms with E-state index < -0.39 is 89.6 Å². The molecule has 5 heterocycles. The number of aliphatic hydroxyl groups is 3. The van der Waals surface area contributed by atoms with Crippen molar-refractivity contribution in [2.75, 3.05) is 18.9 Å². The van der Waals surface area contributed by atoms with E-state index in [0.29, 0.717) is 0 Å². The van der Waals surface area contributed by atoms with E-state index in [9.17, 15) is 38.9 Å². The van der Waals surface area contributed by atoms with E-state index in [4.69, 9.17) is 29.1 Å². The van der Waals surface area contributed by atoms with Crippen LogP contribution in [0.4, 0.5) is 5.82 Å². The number of nitrogens with zero attached hydrogens (tertiary/aromatic N) is 5. The standard InChI is InChI=1S/C19H23N7O14P2/c20-15-10-16(22-5-21-15)26(6-23-10)17-12(29)11(28)7(38-17)4-37-42(34,35)40-14-8(3-36-41(32)33)39-18(13(14)30)25-2-1-9(27)24-19(25)31/h1-2,5-8,11-14,17-18,28-30H,3-4H2,(H4-,20,21,22,24,27,31,32,33,34,35)/p+1/t7-,8-,11-,12-,13-,14-,17-,18-/m1/s1. The Morgan fingerprint density at radius 1 is 1.05 bits per heavy atom. The van der Waals surface area contributed by atoms with Gasteiger partial charge in [-0.25, -0.2) is 24.3 Å². The Kier molecular flexibility index (Phi) is 8.63. The monoisotopic (exact) mass is 636 g/mol. The fraction of sp³-hybridized carbons (Fsp3) is 0.526. The average molecular weight is 636 g/mol. The minimum atomic E-state index is -5.13. The molecule has 23 heteroatoms. The summed E-state index contributed by atoms with van der Waals surface area (Å²) in [4.78, 5) is 56.8. The van der Waals surface area contributed by atoms with Gasteiger partial charge in [0.05, 0.1) is 12.9 Å². The first-order valence-corrected chi connectivity index (χ1v) is 14.5. The van der Waals surface area contributed by atoms with Crippen molar-refractivity contribution in [1.29, 1.82) is 0 Å². The minimum absolute atomic E-state index is 0.0605. The van der Waals surface area contributed by atoms with Gasteiger partial charge in [-0.2, -0.15) is 0 Å². The summed E-state index contributed by atoms with van der Waals surface area (Å²) in [5.74, 6) is 0.0605. The molecule has 10 atom stereocenters. The number of phosphoric acid groups is 1. The molecule has 5 rings (SSSR count). The second kappa shape index (κ2) is 11.9. The van der Waals surface area contributed by atoms with Crippen molar-refractivity contribution in [2.45, 2.75) is 49.1 Å². The predicted molar refractivity (Wildman–Crippen MR) is 133 cm³/mol. The fourth-order valence-corrected chi connectivity index (χ4v) is 5.72. The second-order valence-electron chi connectivity index (χ2n) is 9.07. The Bertz CT molecular complexity index is 1630. The molecule has 2 fully saturated rings. The number of nitrogen functional groups attached to an aromatic ring is 1. The van der Waals surface area contributed by atoms with Gasteiger partial charge < -0.3 is 35.4 Å². The predicted octanol–water partition coefficient (Wildman–Crippen LogP) is -3.00. The van der Waals surface area contributed by atoms with E-state index in [1.54, 1.807) is 0 Å². The SMILES string of the molecule is Nc1ncnc2c1ncn2[C@@H]1O[C@H](COP(=O)(O)O[C@H]2[C@@H](O)[C@H](n3ccc(=O)[nH]c3=O)O[C@@H]2CO[P+](=O)O)[C@@H](O)[C@H]1O. The lowest BCUT2D eigenvalue weighted by molar-refractivity contribution is -0.0578. The number of hydrogen-bond acceptors (Lipinski definition) is 16. The van der Waals surface area contributed by atoms with Crippen molar-refractivity contribution >= 4 is 33.1 Å². The molecule has 2 saturated heterocycles. The summed E-state index contributed by atoms with van der Waals surface area (Å²) < 4.78 is 51.7. The third-order valence-corrected chi connectivity index (χ3v) is 7.79. The summed E-state index contributed by atoms with van der Waals surface area (Å²) in [5, 5.41) is 31.9. The number of anilines is 1. The number of phosphoric ester groups is 1. The molecule has 0 radical (unpaired) electrons. The number of aromatic nitrogens is 6. The van der Waals surface area contributed by atoms with E-state index >= 15 is 0 Å². The van der Waals surface area contributed by atoms with Gasteiger partial charge in [-0.15, -0.1) is 9.42 Å². The first kappa shape index (κ1) is 30.4. The number of rotatable bonds is 10. The average Bonchev–Trinajstić information content (AvgIpc) is 3.57. The van der Waals surface area contributed by atoms with E-state index in [-0.39, 0.29) is 17.0 Å². The van der Waals surface area contributed by atoms with E-state index in [1.807, 2.05) is 4.98 Å². The fourth-order valence-electron chi connectivity index (χ4n) is 4.48. The molecule has 3 aromatic heterocycles. The van der Waals surface area contributed by atoms with Gasteiger partial charge in [-0.05, 0) is 0 Å². The van der Waals surface area contributed by atoms with Crippen LogP contribution in [0, 0.1) is 0 Å². The van der Waals surface area contributed by atoms with Gasteiger partial charge >= 0.3 is 21.8 Å². The van der Waals surface area contributed by atoms with Crippen LogP contribution in [0.15, 0.2) is 34.5 Å². The number of imidazole rings is 1. The molecular weight excluding hydrogens is 612 g/mol. The van der Waals surface area contributed by atoms with Crippen LogP contribution < -0.4 is 17.0 Å². The molecule has 2 unspecified atom stereocenters. The largest absolute Gasteiger partial charge is 0.694 e. The van der Waals surface area contributed by atoms with Gasteiger partial charge in [0.2, 0.25) is 0 Å². The van der Waals surface area contributed by atoms with Crippen LogP contribution in [0.1, 0.15) is 12.5 Å². The molecule has 0 spiro atoms. The molecule has 0 bridgehead atoms. The zero-order valence-corrected chi connectivity index (χ0v) is 22.7. The highest BCUT2D eigenvalue weighted by Crippen LogP contribution is 2.49.